The van der Waals surface area contributed by atoms with Crippen molar-refractivity contribution < 1.29 is 19.2 Å². The van der Waals surface area contributed by atoms with Gasteiger partial charge in [0.25, 0.3) is 5.91 Å². The van der Waals surface area contributed by atoms with Crippen LogP contribution in [-0.2, 0) is 14.4 Å². The smallest absolute Gasteiger partial charge is 0.325 e. The monoisotopic (exact) mass is 239 g/mol. The highest BCUT2D eigenvalue weighted by Crippen LogP contribution is 2.20. The number of nitrogens with one attached hydrogen (secondary N) is 2. The van der Waals surface area contributed by atoms with Gasteiger partial charge in [0.2, 0.25) is 11.8 Å². The Morgan fingerprint density at radius 1 is 1.24 bits per heavy atom. The summed E-state index contributed by atoms with van der Waals surface area (Å²) in [5, 5.41) is 4.59. The summed E-state index contributed by atoms with van der Waals surface area (Å²) in [5.74, 6) is -1.56. The second kappa shape index (κ2) is 3.83. The molecule has 2 saturated heterocycles. The zero-order chi connectivity index (χ0) is 12.7. The van der Waals surface area contributed by atoms with E-state index < -0.39 is 35.8 Å². The molecule has 0 aromatic rings. The molecule has 0 aromatic carbocycles. The molecule has 0 unspecified atom stereocenters. The molecule has 2 aliphatic rings. The van der Waals surface area contributed by atoms with Crippen LogP contribution in [-0.4, -0.2) is 40.7 Å². The fraction of sp³-hybridized carbons (Fsp3) is 0.600. The lowest BCUT2D eigenvalue weighted by molar-refractivity contribution is -0.135. The van der Waals surface area contributed by atoms with E-state index in [1.165, 1.54) is 0 Å². The summed E-state index contributed by atoms with van der Waals surface area (Å²) in [6.45, 7) is 3.60. The molecule has 0 radical (unpaired) electrons. The molecule has 7 nitrogen and oxygen atoms in total. The molecule has 5 amide bonds. The lowest BCUT2D eigenvalue weighted by atomic mass is 10.0. The first-order chi connectivity index (χ1) is 7.91. The second-order valence-corrected chi connectivity index (χ2v) is 4.51. The Morgan fingerprint density at radius 2 is 1.88 bits per heavy atom. The van der Waals surface area contributed by atoms with E-state index in [4.69, 9.17) is 0 Å². The van der Waals surface area contributed by atoms with Crippen molar-refractivity contribution in [2.24, 2.45) is 5.92 Å². The standard InChI is InChI=1S/C10H13N3O4/c1-4(2)7-9(16)13(10(17)12-7)5-3-6(14)11-8(5)15/h4-5,7H,3H2,1-2H3,(H,12,17)(H,11,14,15)/t5-,7-/m0/s1. The van der Waals surface area contributed by atoms with Gasteiger partial charge in [-0.15, -0.1) is 0 Å². The van der Waals surface area contributed by atoms with Crippen molar-refractivity contribution in [1.29, 1.82) is 0 Å². The number of imide groups is 2. The highest BCUT2D eigenvalue weighted by Gasteiger charge is 2.48. The Kier molecular flexibility index (Phi) is 2.60. The van der Waals surface area contributed by atoms with Crippen molar-refractivity contribution in [3.63, 3.8) is 0 Å². The van der Waals surface area contributed by atoms with Crippen LogP contribution < -0.4 is 10.6 Å². The predicted molar refractivity (Wildman–Crippen MR) is 55.6 cm³/mol. The summed E-state index contributed by atoms with van der Waals surface area (Å²) in [5.41, 5.74) is 0. The van der Waals surface area contributed by atoms with Crippen molar-refractivity contribution in [2.45, 2.75) is 32.4 Å². The molecule has 0 saturated carbocycles. The first-order valence-corrected chi connectivity index (χ1v) is 5.39. The van der Waals surface area contributed by atoms with Crippen molar-refractivity contribution in [1.82, 2.24) is 15.5 Å². The molecule has 7 heteroatoms. The Hall–Kier alpha value is -1.92. The molecule has 2 atom stereocenters. The molecule has 17 heavy (non-hydrogen) atoms. The van der Waals surface area contributed by atoms with Gasteiger partial charge in [-0.2, -0.15) is 0 Å². The maximum Gasteiger partial charge on any atom is 0.325 e. The fourth-order valence-electron chi connectivity index (χ4n) is 2.01. The SMILES string of the molecule is CC(C)[C@@H]1NC(=O)N([C@H]2CC(=O)NC2=O)C1=O. The molecule has 2 heterocycles. The number of nitrogens with zero attached hydrogens (tertiary/aromatic N) is 1. The number of urea groups is 1. The lowest BCUT2D eigenvalue weighted by Gasteiger charge is -2.18. The van der Waals surface area contributed by atoms with E-state index in [1.807, 2.05) is 0 Å². The van der Waals surface area contributed by atoms with Crippen LogP contribution in [0.15, 0.2) is 0 Å². The maximum atomic E-state index is 11.9. The van der Waals surface area contributed by atoms with E-state index >= 15 is 0 Å². The van der Waals surface area contributed by atoms with Crippen LogP contribution in [0.4, 0.5) is 4.79 Å². The van der Waals surface area contributed by atoms with Crippen LogP contribution in [0.25, 0.3) is 0 Å². The van der Waals surface area contributed by atoms with Crippen molar-refractivity contribution in [2.75, 3.05) is 0 Å². The molecule has 0 aliphatic carbocycles. The van der Waals surface area contributed by atoms with Gasteiger partial charge in [-0.05, 0) is 5.92 Å². The molecule has 2 N–H and O–H groups in total. The third-order valence-electron chi connectivity index (χ3n) is 2.92. The summed E-state index contributed by atoms with van der Waals surface area (Å²) < 4.78 is 0. The van der Waals surface area contributed by atoms with Gasteiger partial charge in [0.05, 0.1) is 6.42 Å². The maximum absolute atomic E-state index is 11.9. The molecule has 2 aliphatic heterocycles. The lowest BCUT2D eigenvalue weighted by Crippen LogP contribution is -2.45. The Morgan fingerprint density at radius 3 is 2.29 bits per heavy atom. The third-order valence-corrected chi connectivity index (χ3v) is 2.92. The van der Waals surface area contributed by atoms with Crippen molar-refractivity contribution in [3.8, 4) is 0 Å². The number of carbonyl (C=O) groups excluding carboxylic acids is 4. The topological polar surface area (TPSA) is 95.6 Å². The van der Waals surface area contributed by atoms with Crippen LogP contribution >= 0.6 is 0 Å². The minimum Gasteiger partial charge on any atom is -0.326 e. The van der Waals surface area contributed by atoms with E-state index in [0.717, 1.165) is 4.90 Å². The van der Waals surface area contributed by atoms with Gasteiger partial charge >= 0.3 is 6.03 Å². The average molecular weight is 239 g/mol. The molecular weight excluding hydrogens is 226 g/mol. The van der Waals surface area contributed by atoms with Crippen LogP contribution in [0.5, 0.6) is 0 Å². The quantitative estimate of drug-likeness (QED) is 0.476. The number of hydrogen-bond donors (Lipinski definition) is 2. The highest BCUT2D eigenvalue weighted by atomic mass is 16.2. The first-order valence-electron chi connectivity index (χ1n) is 5.39. The fourth-order valence-corrected chi connectivity index (χ4v) is 2.01. The van der Waals surface area contributed by atoms with Crippen LogP contribution in [0.3, 0.4) is 0 Å². The largest absolute Gasteiger partial charge is 0.326 e. The molecule has 0 aromatic heterocycles. The zero-order valence-corrected chi connectivity index (χ0v) is 9.52. The molecule has 2 fully saturated rings. The van der Waals surface area contributed by atoms with Crippen LogP contribution in [0.2, 0.25) is 0 Å². The molecular formula is C10H13N3O4. The predicted octanol–water partition coefficient (Wildman–Crippen LogP) is -1.02. The minimum absolute atomic E-state index is 0.0587. The zero-order valence-electron chi connectivity index (χ0n) is 9.52. The van der Waals surface area contributed by atoms with Gasteiger partial charge in [-0.3, -0.25) is 19.7 Å². The number of carbonyl (C=O) groups is 4. The Balaban J connectivity index is 2.22. The van der Waals surface area contributed by atoms with Gasteiger partial charge in [0.1, 0.15) is 12.1 Å². The van der Waals surface area contributed by atoms with Crippen LogP contribution in [0.1, 0.15) is 20.3 Å². The van der Waals surface area contributed by atoms with E-state index in [0.29, 0.717) is 0 Å². The molecule has 2 rings (SSSR count). The first kappa shape index (κ1) is 11.6. The minimum atomic E-state index is -1.00. The van der Waals surface area contributed by atoms with Crippen molar-refractivity contribution >= 4 is 23.8 Å². The van der Waals surface area contributed by atoms with E-state index in [1.54, 1.807) is 13.8 Å². The van der Waals surface area contributed by atoms with E-state index in [9.17, 15) is 19.2 Å². The van der Waals surface area contributed by atoms with Gasteiger partial charge < -0.3 is 5.32 Å². The number of hydrogen-bond acceptors (Lipinski definition) is 4. The summed E-state index contributed by atoms with van der Waals surface area (Å²) >= 11 is 0. The van der Waals surface area contributed by atoms with E-state index in [-0.39, 0.29) is 12.3 Å². The van der Waals surface area contributed by atoms with Gasteiger partial charge in [0, 0.05) is 0 Å². The van der Waals surface area contributed by atoms with Gasteiger partial charge in [0.15, 0.2) is 0 Å². The summed E-state index contributed by atoms with van der Waals surface area (Å²) in [7, 11) is 0. The summed E-state index contributed by atoms with van der Waals surface area (Å²) in [4.78, 5) is 46.9. The van der Waals surface area contributed by atoms with Crippen LogP contribution in [0, 0.1) is 5.92 Å². The van der Waals surface area contributed by atoms with E-state index in [2.05, 4.69) is 10.6 Å². The molecule has 0 bridgehead atoms. The summed E-state index contributed by atoms with van der Waals surface area (Å²) in [6, 6.07) is -2.23. The Bertz CT molecular complexity index is 418. The van der Waals surface area contributed by atoms with Gasteiger partial charge in [-0.25, -0.2) is 9.69 Å². The summed E-state index contributed by atoms with van der Waals surface area (Å²) in [6.07, 6.45) is -0.150. The van der Waals surface area contributed by atoms with Crippen molar-refractivity contribution in [3.05, 3.63) is 0 Å². The molecule has 0 spiro atoms. The average Bonchev–Trinajstić information content (AvgIpc) is 2.67. The van der Waals surface area contributed by atoms with Gasteiger partial charge in [-0.1, -0.05) is 13.8 Å². The second-order valence-electron chi connectivity index (χ2n) is 4.51. The third kappa shape index (κ3) is 1.77. The highest BCUT2D eigenvalue weighted by molar-refractivity contribution is 6.13. The Labute approximate surface area is 97.5 Å². The normalized spacial score (nSPS) is 29.0. The number of amides is 5. The number of rotatable bonds is 2. The molecule has 92 valence electrons.